The quantitative estimate of drug-likeness (QED) is 0.826. The maximum absolute atomic E-state index is 9.56. The Balaban J connectivity index is 1.85. The van der Waals surface area contributed by atoms with Crippen LogP contribution in [-0.4, -0.2) is 11.4 Å². The van der Waals surface area contributed by atoms with Crippen molar-refractivity contribution in [2.75, 3.05) is 6.54 Å². The monoisotopic (exact) mass is 262 g/mol. The van der Waals surface area contributed by atoms with Crippen LogP contribution in [0.4, 0.5) is 0 Å². The summed E-state index contributed by atoms with van der Waals surface area (Å²) in [6.45, 7) is 3.88. The Morgan fingerprint density at radius 1 is 1.05 bits per heavy atom. The smallest absolute Gasteiger partial charge is 0.124 e. The summed E-state index contributed by atoms with van der Waals surface area (Å²) in [4.78, 5) is 2.27. The van der Waals surface area contributed by atoms with Crippen molar-refractivity contribution in [3.05, 3.63) is 70.8 Å². The molecule has 2 heteroatoms. The third-order valence-corrected chi connectivity index (χ3v) is 4.04. The summed E-state index contributed by atoms with van der Waals surface area (Å²) < 4.78 is 0. The van der Waals surface area contributed by atoms with E-state index in [9.17, 15) is 5.26 Å². The number of hydrogen-bond acceptors (Lipinski definition) is 2. The standard InChI is InChI=1S/C18H18N2/c1-14-6-8-16(9-7-14)18(12-19)20-11-10-15-4-2-3-5-17(15)13-20/h2-9,18H,10-11,13H2,1H3. The van der Waals surface area contributed by atoms with E-state index in [0.29, 0.717) is 0 Å². The van der Waals surface area contributed by atoms with Crippen molar-refractivity contribution in [3.8, 4) is 6.07 Å². The number of hydrogen-bond donors (Lipinski definition) is 0. The zero-order valence-corrected chi connectivity index (χ0v) is 11.7. The van der Waals surface area contributed by atoms with Gasteiger partial charge in [-0.25, -0.2) is 0 Å². The molecule has 0 aliphatic carbocycles. The molecule has 0 saturated heterocycles. The van der Waals surface area contributed by atoms with Gasteiger partial charge in [0, 0.05) is 13.1 Å². The zero-order chi connectivity index (χ0) is 13.9. The fraction of sp³-hybridized carbons (Fsp3) is 0.278. The fourth-order valence-corrected chi connectivity index (χ4v) is 2.85. The van der Waals surface area contributed by atoms with E-state index < -0.39 is 0 Å². The predicted molar refractivity (Wildman–Crippen MR) is 80.1 cm³/mol. The van der Waals surface area contributed by atoms with Crippen molar-refractivity contribution in [1.29, 1.82) is 5.26 Å². The van der Waals surface area contributed by atoms with Gasteiger partial charge in [0.2, 0.25) is 0 Å². The Labute approximate surface area is 120 Å². The lowest BCUT2D eigenvalue weighted by Gasteiger charge is -2.32. The molecule has 1 atom stereocenters. The first-order chi connectivity index (χ1) is 9.78. The third-order valence-electron chi connectivity index (χ3n) is 4.04. The minimum absolute atomic E-state index is 0.149. The molecule has 0 fully saturated rings. The predicted octanol–water partition coefficient (Wildman–Crippen LogP) is 3.62. The van der Waals surface area contributed by atoms with Crippen LogP contribution in [0.25, 0.3) is 0 Å². The topological polar surface area (TPSA) is 27.0 Å². The van der Waals surface area contributed by atoms with E-state index in [-0.39, 0.29) is 6.04 Å². The van der Waals surface area contributed by atoms with Crippen molar-refractivity contribution in [2.24, 2.45) is 0 Å². The lowest BCUT2D eigenvalue weighted by molar-refractivity contribution is 0.216. The molecule has 2 nitrogen and oxygen atoms in total. The van der Waals surface area contributed by atoms with Crippen molar-refractivity contribution in [3.63, 3.8) is 0 Å². The summed E-state index contributed by atoms with van der Waals surface area (Å²) in [5.41, 5.74) is 5.10. The van der Waals surface area contributed by atoms with Crippen LogP contribution in [0.3, 0.4) is 0 Å². The van der Waals surface area contributed by atoms with Gasteiger partial charge in [0.05, 0.1) is 6.07 Å². The molecule has 0 radical (unpaired) electrons. The lowest BCUT2D eigenvalue weighted by atomic mass is 9.96. The molecule has 1 heterocycles. The van der Waals surface area contributed by atoms with Crippen LogP contribution < -0.4 is 0 Å². The maximum atomic E-state index is 9.56. The Morgan fingerprint density at radius 3 is 2.45 bits per heavy atom. The molecule has 2 aromatic carbocycles. The first kappa shape index (κ1) is 12.9. The second-order valence-corrected chi connectivity index (χ2v) is 5.43. The van der Waals surface area contributed by atoms with E-state index in [1.807, 2.05) is 0 Å². The maximum Gasteiger partial charge on any atom is 0.124 e. The molecule has 0 spiro atoms. The molecule has 0 N–H and O–H groups in total. The summed E-state index contributed by atoms with van der Waals surface area (Å²) in [6.07, 6.45) is 1.03. The summed E-state index contributed by atoms with van der Waals surface area (Å²) in [6, 6.07) is 19.2. The van der Waals surface area contributed by atoms with E-state index in [2.05, 4.69) is 66.4 Å². The minimum Gasteiger partial charge on any atom is -0.280 e. The molecule has 0 amide bonds. The van der Waals surface area contributed by atoms with Crippen molar-refractivity contribution >= 4 is 0 Å². The van der Waals surface area contributed by atoms with E-state index in [1.165, 1.54) is 16.7 Å². The van der Waals surface area contributed by atoms with Crippen LogP contribution >= 0.6 is 0 Å². The highest BCUT2D eigenvalue weighted by molar-refractivity contribution is 5.32. The SMILES string of the molecule is Cc1ccc(C(C#N)N2CCc3ccccc3C2)cc1. The van der Waals surface area contributed by atoms with E-state index in [1.54, 1.807) is 0 Å². The molecule has 100 valence electrons. The molecule has 1 aliphatic heterocycles. The van der Waals surface area contributed by atoms with Gasteiger partial charge in [-0.2, -0.15) is 5.26 Å². The Kier molecular flexibility index (Phi) is 3.54. The summed E-state index contributed by atoms with van der Waals surface area (Å²) in [5.74, 6) is 0. The van der Waals surface area contributed by atoms with Crippen LogP contribution in [0, 0.1) is 18.3 Å². The van der Waals surface area contributed by atoms with Gasteiger partial charge in [-0.05, 0) is 30.0 Å². The van der Waals surface area contributed by atoms with Crippen LogP contribution in [0.5, 0.6) is 0 Å². The normalized spacial score (nSPS) is 16.2. The summed E-state index contributed by atoms with van der Waals surface area (Å²) in [7, 11) is 0. The molecule has 3 rings (SSSR count). The molecule has 0 aromatic heterocycles. The van der Waals surface area contributed by atoms with Gasteiger partial charge in [-0.15, -0.1) is 0 Å². The van der Waals surface area contributed by atoms with Crippen LogP contribution in [0.15, 0.2) is 48.5 Å². The fourth-order valence-electron chi connectivity index (χ4n) is 2.85. The highest BCUT2D eigenvalue weighted by Gasteiger charge is 2.24. The highest BCUT2D eigenvalue weighted by atomic mass is 15.2. The average Bonchev–Trinajstić information content (AvgIpc) is 2.50. The third kappa shape index (κ3) is 2.45. The molecule has 1 aliphatic rings. The molecule has 1 unspecified atom stereocenters. The Hall–Kier alpha value is -2.11. The van der Waals surface area contributed by atoms with E-state index in [4.69, 9.17) is 0 Å². The van der Waals surface area contributed by atoms with E-state index in [0.717, 1.165) is 25.1 Å². The second kappa shape index (κ2) is 5.48. The van der Waals surface area contributed by atoms with Crippen LogP contribution in [0.2, 0.25) is 0 Å². The number of nitriles is 1. The number of nitrogens with zero attached hydrogens (tertiary/aromatic N) is 2. The average molecular weight is 262 g/mol. The van der Waals surface area contributed by atoms with Crippen LogP contribution in [0.1, 0.15) is 28.3 Å². The number of benzene rings is 2. The number of aryl methyl sites for hydroxylation is 1. The van der Waals surface area contributed by atoms with Gasteiger partial charge in [0.25, 0.3) is 0 Å². The van der Waals surface area contributed by atoms with Gasteiger partial charge >= 0.3 is 0 Å². The lowest BCUT2D eigenvalue weighted by Crippen LogP contribution is -2.33. The molecular formula is C18H18N2. The van der Waals surface area contributed by atoms with Gasteiger partial charge in [0.1, 0.15) is 6.04 Å². The molecule has 2 aromatic rings. The zero-order valence-electron chi connectivity index (χ0n) is 11.7. The van der Waals surface area contributed by atoms with Gasteiger partial charge in [0.15, 0.2) is 0 Å². The number of fused-ring (bicyclic) bond motifs is 1. The molecular weight excluding hydrogens is 244 g/mol. The molecule has 20 heavy (non-hydrogen) atoms. The Morgan fingerprint density at radius 2 is 1.75 bits per heavy atom. The van der Waals surface area contributed by atoms with Gasteiger partial charge in [-0.1, -0.05) is 54.1 Å². The summed E-state index contributed by atoms with van der Waals surface area (Å²) >= 11 is 0. The van der Waals surface area contributed by atoms with Crippen molar-refractivity contribution < 1.29 is 0 Å². The second-order valence-electron chi connectivity index (χ2n) is 5.43. The van der Waals surface area contributed by atoms with Crippen molar-refractivity contribution in [2.45, 2.75) is 25.9 Å². The first-order valence-electron chi connectivity index (χ1n) is 7.05. The first-order valence-corrected chi connectivity index (χ1v) is 7.05. The van der Waals surface area contributed by atoms with Crippen molar-refractivity contribution in [1.82, 2.24) is 4.90 Å². The van der Waals surface area contributed by atoms with E-state index >= 15 is 0 Å². The van der Waals surface area contributed by atoms with Gasteiger partial charge in [-0.3, -0.25) is 4.90 Å². The molecule has 0 bridgehead atoms. The van der Waals surface area contributed by atoms with Gasteiger partial charge < -0.3 is 0 Å². The Bertz CT molecular complexity index is 637. The number of rotatable bonds is 2. The highest BCUT2D eigenvalue weighted by Crippen LogP contribution is 2.27. The summed E-state index contributed by atoms with van der Waals surface area (Å²) in [5, 5.41) is 9.56. The molecule has 0 saturated carbocycles. The minimum atomic E-state index is -0.149. The largest absolute Gasteiger partial charge is 0.280 e. The van der Waals surface area contributed by atoms with Crippen LogP contribution in [-0.2, 0) is 13.0 Å².